The van der Waals surface area contributed by atoms with E-state index < -0.39 is 10.0 Å². The second kappa shape index (κ2) is 9.06. The molecule has 2 aliphatic heterocycles. The minimum absolute atomic E-state index is 0.0207. The molecule has 1 aromatic rings. The van der Waals surface area contributed by atoms with Gasteiger partial charge in [-0.2, -0.15) is 4.31 Å². The predicted molar refractivity (Wildman–Crippen MR) is 116 cm³/mol. The smallest absolute Gasteiger partial charge is 0.243 e. The van der Waals surface area contributed by atoms with Gasteiger partial charge in [-0.1, -0.05) is 26.0 Å². The molecule has 30 heavy (non-hydrogen) atoms. The first-order valence-electron chi connectivity index (χ1n) is 10.8. The summed E-state index contributed by atoms with van der Waals surface area (Å²) in [4.78, 5) is 26.1. The second-order valence-electron chi connectivity index (χ2n) is 8.77. The van der Waals surface area contributed by atoms with Crippen LogP contribution in [0.2, 0.25) is 0 Å². The summed E-state index contributed by atoms with van der Waals surface area (Å²) in [5.74, 6) is 0.462. The molecule has 2 heterocycles. The van der Waals surface area contributed by atoms with Gasteiger partial charge in [-0.3, -0.25) is 9.59 Å². The highest BCUT2D eigenvalue weighted by molar-refractivity contribution is 7.89. The highest BCUT2D eigenvalue weighted by Gasteiger charge is 2.35. The Kier molecular flexibility index (Phi) is 6.87. The number of nitrogens with one attached hydrogen (secondary N) is 1. The van der Waals surface area contributed by atoms with Crippen LogP contribution in [0.15, 0.2) is 29.2 Å². The molecule has 2 atom stereocenters. The highest BCUT2D eigenvalue weighted by atomic mass is 32.2. The number of hydrogen-bond donors (Lipinski definition) is 1. The number of carbonyl (C=O) groups is 2. The van der Waals surface area contributed by atoms with Crippen LogP contribution in [-0.2, 0) is 19.6 Å². The van der Waals surface area contributed by atoms with Crippen LogP contribution in [0, 0.1) is 0 Å². The number of rotatable bonds is 7. The normalized spacial score (nSPS) is 24.0. The number of piperazine rings is 1. The largest absolute Gasteiger partial charge is 0.351 e. The minimum Gasteiger partial charge on any atom is -0.351 e. The van der Waals surface area contributed by atoms with E-state index in [4.69, 9.17) is 0 Å². The molecule has 7 nitrogen and oxygen atoms in total. The molecule has 0 radical (unpaired) electrons. The summed E-state index contributed by atoms with van der Waals surface area (Å²) in [6.45, 7) is 7.60. The van der Waals surface area contributed by atoms with Gasteiger partial charge in [-0.05, 0) is 49.8 Å². The van der Waals surface area contributed by atoms with Crippen molar-refractivity contribution in [3.63, 3.8) is 0 Å². The van der Waals surface area contributed by atoms with E-state index in [1.165, 1.54) is 4.31 Å². The van der Waals surface area contributed by atoms with Gasteiger partial charge >= 0.3 is 0 Å². The van der Waals surface area contributed by atoms with E-state index >= 15 is 0 Å². The lowest BCUT2D eigenvalue weighted by Crippen LogP contribution is -2.51. The standard InChI is InChI=1S/C22H33N3O4S/c1-4-17(2)18-5-7-19(8-6-18)30(28,29)25-15-13-24(14-16-25)21(27)10-12-22(3)11-9-20(26)23-22/h5-8,17H,4,9-16H2,1-3H3,(H,23,26)/t17-,22+/m1/s1. The van der Waals surface area contributed by atoms with Crippen LogP contribution in [0.3, 0.4) is 0 Å². The molecule has 166 valence electrons. The van der Waals surface area contributed by atoms with E-state index in [9.17, 15) is 18.0 Å². The fourth-order valence-corrected chi connectivity index (χ4v) is 5.53. The van der Waals surface area contributed by atoms with Crippen LogP contribution in [-0.4, -0.2) is 61.2 Å². The maximum atomic E-state index is 13.0. The summed E-state index contributed by atoms with van der Waals surface area (Å²) in [7, 11) is -3.55. The first-order chi connectivity index (χ1) is 14.1. The molecule has 0 bridgehead atoms. The summed E-state index contributed by atoms with van der Waals surface area (Å²) >= 11 is 0. The molecule has 0 aliphatic carbocycles. The van der Waals surface area contributed by atoms with Gasteiger partial charge in [0.05, 0.1) is 4.90 Å². The van der Waals surface area contributed by atoms with Crippen molar-refractivity contribution in [2.24, 2.45) is 0 Å². The van der Waals surface area contributed by atoms with E-state index in [1.807, 2.05) is 19.1 Å². The van der Waals surface area contributed by atoms with Crippen LogP contribution >= 0.6 is 0 Å². The molecule has 2 saturated heterocycles. The van der Waals surface area contributed by atoms with Crippen LogP contribution in [0.4, 0.5) is 0 Å². The zero-order valence-corrected chi connectivity index (χ0v) is 19.0. The van der Waals surface area contributed by atoms with Crippen molar-refractivity contribution in [2.75, 3.05) is 26.2 Å². The summed E-state index contributed by atoms with van der Waals surface area (Å²) in [6, 6.07) is 7.16. The van der Waals surface area contributed by atoms with Crippen molar-refractivity contribution in [3.05, 3.63) is 29.8 Å². The molecule has 0 saturated carbocycles. The minimum atomic E-state index is -3.55. The lowest BCUT2D eigenvalue weighted by atomic mass is 9.94. The highest BCUT2D eigenvalue weighted by Crippen LogP contribution is 2.26. The molecule has 0 spiro atoms. The maximum Gasteiger partial charge on any atom is 0.243 e. The SMILES string of the molecule is CC[C@@H](C)c1ccc(S(=O)(=O)N2CCN(C(=O)CC[C@]3(C)CCC(=O)N3)CC2)cc1. The fourth-order valence-electron chi connectivity index (χ4n) is 4.11. The van der Waals surface area contributed by atoms with Gasteiger partial charge in [0, 0.05) is 44.6 Å². The summed E-state index contributed by atoms with van der Waals surface area (Å²) < 4.78 is 27.4. The van der Waals surface area contributed by atoms with Gasteiger partial charge in [0.25, 0.3) is 0 Å². The Bertz CT molecular complexity index is 876. The van der Waals surface area contributed by atoms with Gasteiger partial charge in [0.2, 0.25) is 21.8 Å². The first-order valence-corrected chi connectivity index (χ1v) is 12.3. The predicted octanol–water partition coefficient (Wildman–Crippen LogP) is 2.48. The summed E-state index contributed by atoms with van der Waals surface area (Å²) in [5, 5.41) is 2.95. The molecule has 1 aromatic carbocycles. The van der Waals surface area contributed by atoms with E-state index in [2.05, 4.69) is 19.2 Å². The first kappa shape index (κ1) is 22.7. The van der Waals surface area contributed by atoms with E-state index in [0.29, 0.717) is 56.3 Å². The lowest BCUT2D eigenvalue weighted by Gasteiger charge is -2.34. The monoisotopic (exact) mass is 435 g/mol. The van der Waals surface area contributed by atoms with Gasteiger partial charge in [0.15, 0.2) is 0 Å². The summed E-state index contributed by atoms with van der Waals surface area (Å²) in [5.41, 5.74) is 0.832. The van der Waals surface area contributed by atoms with E-state index in [-0.39, 0.29) is 17.4 Å². The average molecular weight is 436 g/mol. The molecule has 0 aromatic heterocycles. The second-order valence-corrected chi connectivity index (χ2v) is 10.7. The Morgan fingerprint density at radius 2 is 1.80 bits per heavy atom. The number of hydrogen-bond acceptors (Lipinski definition) is 4. The Morgan fingerprint density at radius 3 is 2.33 bits per heavy atom. The number of sulfonamides is 1. The fraction of sp³-hybridized carbons (Fsp3) is 0.636. The van der Waals surface area contributed by atoms with Crippen molar-refractivity contribution in [3.8, 4) is 0 Å². The van der Waals surface area contributed by atoms with Crippen molar-refractivity contribution in [1.82, 2.24) is 14.5 Å². The molecular weight excluding hydrogens is 402 g/mol. The van der Waals surface area contributed by atoms with Crippen molar-refractivity contribution in [1.29, 1.82) is 0 Å². The van der Waals surface area contributed by atoms with Crippen molar-refractivity contribution < 1.29 is 18.0 Å². The molecule has 1 N–H and O–H groups in total. The zero-order chi connectivity index (χ0) is 21.9. The van der Waals surface area contributed by atoms with Crippen molar-refractivity contribution in [2.45, 2.75) is 69.2 Å². The quantitative estimate of drug-likeness (QED) is 0.713. The Hall–Kier alpha value is -1.93. The van der Waals surface area contributed by atoms with Crippen LogP contribution in [0.5, 0.6) is 0 Å². The van der Waals surface area contributed by atoms with Crippen molar-refractivity contribution >= 4 is 21.8 Å². The summed E-state index contributed by atoms with van der Waals surface area (Å²) in [6.07, 6.45) is 3.24. The maximum absolute atomic E-state index is 13.0. The average Bonchev–Trinajstić information content (AvgIpc) is 3.10. The third-order valence-electron chi connectivity index (χ3n) is 6.53. The van der Waals surface area contributed by atoms with Crippen LogP contribution in [0.1, 0.15) is 64.4 Å². The number of carbonyl (C=O) groups excluding carboxylic acids is 2. The Morgan fingerprint density at radius 1 is 1.17 bits per heavy atom. The van der Waals surface area contributed by atoms with E-state index in [1.54, 1.807) is 17.0 Å². The Balaban J connectivity index is 1.54. The van der Waals surface area contributed by atoms with Crippen LogP contribution in [0.25, 0.3) is 0 Å². The van der Waals surface area contributed by atoms with E-state index in [0.717, 1.165) is 18.4 Å². The molecule has 3 rings (SSSR count). The van der Waals surface area contributed by atoms with Gasteiger partial charge in [0.1, 0.15) is 0 Å². The molecular formula is C22H33N3O4S. The molecule has 2 fully saturated rings. The molecule has 0 unspecified atom stereocenters. The number of benzene rings is 1. The van der Waals surface area contributed by atoms with Crippen LogP contribution < -0.4 is 5.32 Å². The Labute approximate surface area is 179 Å². The third-order valence-corrected chi connectivity index (χ3v) is 8.44. The van der Waals surface area contributed by atoms with Gasteiger partial charge in [-0.25, -0.2) is 8.42 Å². The third kappa shape index (κ3) is 5.03. The lowest BCUT2D eigenvalue weighted by molar-refractivity contribution is -0.133. The number of nitrogens with zero attached hydrogens (tertiary/aromatic N) is 2. The van der Waals surface area contributed by atoms with Gasteiger partial charge in [-0.15, -0.1) is 0 Å². The molecule has 2 aliphatic rings. The van der Waals surface area contributed by atoms with Gasteiger partial charge < -0.3 is 10.2 Å². The number of amides is 2. The molecule has 2 amide bonds. The zero-order valence-electron chi connectivity index (χ0n) is 18.2. The molecule has 8 heteroatoms. The topological polar surface area (TPSA) is 86.8 Å².